The van der Waals surface area contributed by atoms with Gasteiger partial charge in [-0.3, -0.25) is 4.72 Å². The monoisotopic (exact) mass is 439 g/mol. The quantitative estimate of drug-likeness (QED) is 0.504. The Morgan fingerprint density at radius 2 is 1.81 bits per heavy atom. The van der Waals surface area contributed by atoms with Gasteiger partial charge in [-0.05, 0) is 61.7 Å². The number of rotatable bonds is 6. The largest absolute Gasteiger partial charge is 0.478 e. The summed E-state index contributed by atoms with van der Waals surface area (Å²) in [5, 5.41) is 9.25. The van der Waals surface area contributed by atoms with E-state index in [4.69, 9.17) is 0 Å². The van der Waals surface area contributed by atoms with Crippen LogP contribution in [0.15, 0.2) is 53.6 Å². The number of carboxylic acid groups (broad SMARTS) is 1. The number of aromatic nitrogens is 2. The highest BCUT2D eigenvalue weighted by Gasteiger charge is 2.19. The van der Waals surface area contributed by atoms with Crippen molar-refractivity contribution in [2.24, 2.45) is 0 Å². The second-order valence-corrected chi connectivity index (χ2v) is 9.67. The third-order valence-corrected chi connectivity index (χ3v) is 7.18. The van der Waals surface area contributed by atoms with Gasteiger partial charge < -0.3 is 10.1 Å². The number of hydrogen-bond acceptors (Lipinski definition) is 4. The molecule has 0 unspecified atom stereocenters. The first kappa shape index (κ1) is 21.1. The molecule has 8 heteroatoms. The second-order valence-electron chi connectivity index (χ2n) is 7.99. The fraction of sp³-hybridized carbons (Fsp3) is 0.304. The summed E-state index contributed by atoms with van der Waals surface area (Å²) in [6, 6.07) is 11.0. The van der Waals surface area contributed by atoms with Crippen LogP contribution in [-0.4, -0.2) is 29.5 Å². The lowest BCUT2D eigenvalue weighted by Crippen LogP contribution is -2.14. The highest BCUT2D eigenvalue weighted by molar-refractivity contribution is 7.92. The van der Waals surface area contributed by atoms with Gasteiger partial charge in [-0.15, -0.1) is 0 Å². The smallest absolute Gasteiger partial charge is 0.335 e. The number of aromatic amines is 1. The molecule has 0 amide bonds. The SMILES string of the molecule is Cc1ccc(S(=O)(=O)Nc2ccc(-c3ncc(C4CCCCC4)[nH]3)cc2)cc1C(=O)O. The van der Waals surface area contributed by atoms with Crippen molar-refractivity contribution in [2.45, 2.75) is 49.8 Å². The Morgan fingerprint density at radius 1 is 1.10 bits per heavy atom. The van der Waals surface area contributed by atoms with Gasteiger partial charge in [0.2, 0.25) is 0 Å². The third kappa shape index (κ3) is 4.64. The molecule has 2 aromatic carbocycles. The molecular weight excluding hydrogens is 414 g/mol. The number of nitrogens with one attached hydrogen (secondary N) is 2. The molecular formula is C23H25N3O4S. The highest BCUT2D eigenvalue weighted by atomic mass is 32.2. The van der Waals surface area contributed by atoms with Gasteiger partial charge in [0.15, 0.2) is 0 Å². The van der Waals surface area contributed by atoms with E-state index in [9.17, 15) is 18.3 Å². The molecule has 4 rings (SSSR count). The van der Waals surface area contributed by atoms with E-state index < -0.39 is 16.0 Å². The molecule has 0 atom stereocenters. The maximum Gasteiger partial charge on any atom is 0.335 e. The number of aryl methyl sites for hydroxylation is 1. The minimum Gasteiger partial charge on any atom is -0.478 e. The second kappa shape index (κ2) is 8.55. The number of aromatic carboxylic acids is 1. The topological polar surface area (TPSA) is 112 Å². The van der Waals surface area contributed by atoms with Gasteiger partial charge in [-0.1, -0.05) is 25.3 Å². The zero-order valence-electron chi connectivity index (χ0n) is 17.3. The van der Waals surface area contributed by atoms with Gasteiger partial charge in [0.05, 0.1) is 10.5 Å². The number of anilines is 1. The summed E-state index contributed by atoms with van der Waals surface area (Å²) in [7, 11) is -3.91. The molecule has 1 aliphatic rings. The third-order valence-electron chi connectivity index (χ3n) is 5.80. The molecule has 31 heavy (non-hydrogen) atoms. The van der Waals surface area contributed by atoms with Crippen molar-refractivity contribution in [1.82, 2.24) is 9.97 Å². The zero-order valence-corrected chi connectivity index (χ0v) is 18.1. The van der Waals surface area contributed by atoms with E-state index >= 15 is 0 Å². The van der Waals surface area contributed by atoms with Crippen LogP contribution in [0.25, 0.3) is 11.4 Å². The van der Waals surface area contributed by atoms with E-state index in [1.165, 1.54) is 50.3 Å². The van der Waals surface area contributed by atoms with E-state index in [0.29, 0.717) is 17.2 Å². The van der Waals surface area contributed by atoms with Gasteiger partial charge in [-0.2, -0.15) is 0 Å². The normalized spacial score (nSPS) is 15.0. The van der Waals surface area contributed by atoms with Crippen molar-refractivity contribution in [3.05, 3.63) is 65.5 Å². The lowest BCUT2D eigenvalue weighted by Gasteiger charge is -2.19. The first-order chi connectivity index (χ1) is 14.8. The molecule has 1 fully saturated rings. The number of nitrogens with zero attached hydrogens (tertiary/aromatic N) is 1. The van der Waals surface area contributed by atoms with Crippen LogP contribution in [-0.2, 0) is 10.0 Å². The zero-order chi connectivity index (χ0) is 22.0. The minimum atomic E-state index is -3.91. The summed E-state index contributed by atoms with van der Waals surface area (Å²) in [4.78, 5) is 19.1. The van der Waals surface area contributed by atoms with E-state index in [2.05, 4.69) is 14.7 Å². The van der Waals surface area contributed by atoms with E-state index in [1.54, 1.807) is 31.2 Å². The van der Waals surface area contributed by atoms with Gasteiger partial charge in [-0.25, -0.2) is 18.2 Å². The molecule has 1 heterocycles. The number of H-pyrrole nitrogens is 1. The van der Waals surface area contributed by atoms with Crippen LogP contribution in [0.2, 0.25) is 0 Å². The van der Waals surface area contributed by atoms with Gasteiger partial charge in [0, 0.05) is 29.1 Å². The predicted molar refractivity (Wildman–Crippen MR) is 119 cm³/mol. The molecule has 7 nitrogen and oxygen atoms in total. The highest BCUT2D eigenvalue weighted by Crippen LogP contribution is 2.32. The minimum absolute atomic E-state index is 0.0372. The molecule has 1 saturated carbocycles. The fourth-order valence-corrected chi connectivity index (χ4v) is 5.10. The van der Waals surface area contributed by atoms with Crippen molar-refractivity contribution >= 4 is 21.7 Å². The van der Waals surface area contributed by atoms with Gasteiger partial charge in [0.25, 0.3) is 10.0 Å². The van der Waals surface area contributed by atoms with Crippen molar-refractivity contribution in [3.63, 3.8) is 0 Å². The standard InChI is InChI=1S/C23H25N3O4S/c1-15-7-12-19(13-20(15)23(27)28)31(29,30)26-18-10-8-17(9-11-18)22-24-14-21(25-22)16-5-3-2-4-6-16/h7-14,16,26H,2-6H2,1H3,(H,24,25)(H,27,28). The van der Waals surface area contributed by atoms with E-state index in [1.807, 2.05) is 6.20 Å². The van der Waals surface area contributed by atoms with Crippen molar-refractivity contribution in [3.8, 4) is 11.4 Å². The molecule has 0 spiro atoms. The summed E-state index contributed by atoms with van der Waals surface area (Å²) in [6.07, 6.45) is 8.08. The number of imidazole rings is 1. The Balaban J connectivity index is 1.50. The van der Waals surface area contributed by atoms with Crippen LogP contribution in [0.1, 0.15) is 59.6 Å². The summed E-state index contributed by atoms with van der Waals surface area (Å²) in [6.45, 7) is 1.63. The van der Waals surface area contributed by atoms with Gasteiger partial charge >= 0.3 is 5.97 Å². The summed E-state index contributed by atoms with van der Waals surface area (Å²) in [5.74, 6) is 0.135. The van der Waals surface area contributed by atoms with Crippen LogP contribution in [0.5, 0.6) is 0 Å². The lowest BCUT2D eigenvalue weighted by atomic mass is 9.87. The first-order valence-corrected chi connectivity index (χ1v) is 11.8. The Hall–Kier alpha value is -3.13. The number of benzene rings is 2. The molecule has 0 bridgehead atoms. The lowest BCUT2D eigenvalue weighted by molar-refractivity contribution is 0.0696. The Labute approximate surface area is 181 Å². The summed E-state index contributed by atoms with van der Waals surface area (Å²) >= 11 is 0. The van der Waals surface area contributed by atoms with Gasteiger partial charge in [0.1, 0.15) is 5.82 Å². The van der Waals surface area contributed by atoms with E-state index in [-0.39, 0.29) is 10.5 Å². The maximum atomic E-state index is 12.7. The van der Waals surface area contributed by atoms with Crippen LogP contribution < -0.4 is 4.72 Å². The van der Waals surface area contributed by atoms with Crippen LogP contribution in [0.4, 0.5) is 5.69 Å². The van der Waals surface area contributed by atoms with Crippen molar-refractivity contribution in [1.29, 1.82) is 0 Å². The predicted octanol–water partition coefficient (Wildman–Crippen LogP) is 4.93. The molecule has 0 saturated heterocycles. The maximum absolute atomic E-state index is 12.7. The van der Waals surface area contributed by atoms with Crippen LogP contribution in [0, 0.1) is 6.92 Å². The molecule has 0 radical (unpaired) electrons. The number of carbonyl (C=O) groups is 1. The molecule has 3 N–H and O–H groups in total. The summed E-state index contributed by atoms with van der Waals surface area (Å²) in [5.41, 5.74) is 2.88. The average molecular weight is 440 g/mol. The fourth-order valence-electron chi connectivity index (χ4n) is 4.01. The Bertz CT molecular complexity index is 1190. The average Bonchev–Trinajstić information content (AvgIpc) is 3.25. The molecule has 162 valence electrons. The molecule has 3 aromatic rings. The van der Waals surface area contributed by atoms with Crippen molar-refractivity contribution in [2.75, 3.05) is 4.72 Å². The Morgan fingerprint density at radius 3 is 2.48 bits per heavy atom. The molecule has 0 aliphatic heterocycles. The van der Waals surface area contributed by atoms with E-state index in [0.717, 1.165) is 17.1 Å². The number of hydrogen-bond donors (Lipinski definition) is 3. The van der Waals surface area contributed by atoms with Crippen LogP contribution in [0.3, 0.4) is 0 Å². The number of carboxylic acids is 1. The first-order valence-electron chi connectivity index (χ1n) is 10.4. The summed E-state index contributed by atoms with van der Waals surface area (Å²) < 4.78 is 27.9. The Kier molecular flexibility index (Phi) is 5.82. The van der Waals surface area contributed by atoms with Crippen molar-refractivity contribution < 1.29 is 18.3 Å². The number of sulfonamides is 1. The molecule has 1 aliphatic carbocycles. The molecule has 1 aromatic heterocycles. The van der Waals surface area contributed by atoms with Crippen LogP contribution >= 0.6 is 0 Å².